The van der Waals surface area contributed by atoms with E-state index in [-0.39, 0.29) is 0 Å². The number of aromatic nitrogens is 1. The van der Waals surface area contributed by atoms with Gasteiger partial charge in [0.1, 0.15) is 5.82 Å². The van der Waals surface area contributed by atoms with Crippen molar-refractivity contribution in [2.75, 3.05) is 11.9 Å². The smallest absolute Gasteiger partial charge is 0.391 e. The van der Waals surface area contributed by atoms with Gasteiger partial charge in [0.05, 0.1) is 19.1 Å². The van der Waals surface area contributed by atoms with E-state index >= 15 is 0 Å². The molecule has 3 nitrogen and oxygen atoms in total. The summed E-state index contributed by atoms with van der Waals surface area (Å²) in [4.78, 5) is 3.86. The van der Waals surface area contributed by atoms with Gasteiger partial charge in [-0.1, -0.05) is 0 Å². The molecule has 90 valence electrons. The molecular formula is C9H10BrF3N2O. The minimum atomic E-state index is -4.31. The van der Waals surface area contributed by atoms with Crippen molar-refractivity contribution in [1.82, 2.24) is 4.98 Å². The van der Waals surface area contributed by atoms with Crippen molar-refractivity contribution in [3.63, 3.8) is 0 Å². The van der Waals surface area contributed by atoms with Crippen molar-refractivity contribution in [2.45, 2.75) is 18.6 Å². The summed E-state index contributed by atoms with van der Waals surface area (Å²) in [7, 11) is 0. The molecule has 0 saturated carbocycles. The number of aliphatic hydroxyl groups is 1. The summed E-state index contributed by atoms with van der Waals surface area (Å²) < 4.78 is 37.0. The number of hydrogen-bond donors (Lipinski definition) is 2. The number of rotatable bonds is 4. The van der Waals surface area contributed by atoms with Crippen LogP contribution in [-0.2, 0) is 0 Å². The maximum absolute atomic E-state index is 12.1. The number of nitrogens with zero attached hydrogens (tertiary/aromatic N) is 1. The zero-order chi connectivity index (χ0) is 12.2. The van der Waals surface area contributed by atoms with Crippen LogP contribution in [0.2, 0.25) is 0 Å². The molecule has 0 amide bonds. The lowest BCUT2D eigenvalue weighted by atomic mass is 10.2. The number of aliphatic hydroxyl groups excluding tert-OH is 1. The van der Waals surface area contributed by atoms with Crippen molar-refractivity contribution in [3.8, 4) is 0 Å². The minimum Gasteiger partial charge on any atom is -0.394 e. The summed E-state index contributed by atoms with van der Waals surface area (Å²) in [5.41, 5.74) is 0. The van der Waals surface area contributed by atoms with Crippen LogP contribution in [0, 0.1) is 0 Å². The average Bonchev–Trinajstić information content (AvgIpc) is 2.18. The van der Waals surface area contributed by atoms with Crippen LogP contribution < -0.4 is 5.32 Å². The lowest BCUT2D eigenvalue weighted by Gasteiger charge is -2.18. The Hall–Kier alpha value is -0.820. The van der Waals surface area contributed by atoms with Crippen LogP contribution in [0.15, 0.2) is 22.8 Å². The molecule has 1 aromatic heterocycles. The number of alkyl halides is 3. The van der Waals surface area contributed by atoms with Crippen LogP contribution in [0.3, 0.4) is 0 Å². The first kappa shape index (κ1) is 13.2. The van der Waals surface area contributed by atoms with Gasteiger partial charge in [-0.15, -0.1) is 0 Å². The molecular weight excluding hydrogens is 289 g/mol. The summed E-state index contributed by atoms with van der Waals surface area (Å²) in [5, 5.41) is 11.3. The van der Waals surface area contributed by atoms with Gasteiger partial charge >= 0.3 is 6.18 Å². The second kappa shape index (κ2) is 5.49. The first-order valence-electron chi connectivity index (χ1n) is 4.46. The second-order valence-electron chi connectivity index (χ2n) is 3.20. The molecule has 0 aliphatic carbocycles. The molecule has 16 heavy (non-hydrogen) atoms. The van der Waals surface area contributed by atoms with Crippen molar-refractivity contribution in [3.05, 3.63) is 22.8 Å². The third-order valence-corrected chi connectivity index (χ3v) is 2.25. The van der Waals surface area contributed by atoms with Crippen LogP contribution in [0.25, 0.3) is 0 Å². The van der Waals surface area contributed by atoms with Gasteiger partial charge < -0.3 is 10.4 Å². The quantitative estimate of drug-likeness (QED) is 0.898. The highest BCUT2D eigenvalue weighted by Crippen LogP contribution is 2.23. The lowest BCUT2D eigenvalue weighted by Crippen LogP contribution is -2.30. The first-order valence-corrected chi connectivity index (χ1v) is 5.26. The van der Waals surface area contributed by atoms with E-state index in [0.717, 1.165) is 4.47 Å². The molecule has 0 bridgehead atoms. The highest BCUT2D eigenvalue weighted by atomic mass is 79.9. The van der Waals surface area contributed by atoms with E-state index in [1.54, 1.807) is 6.07 Å². The molecule has 1 heterocycles. The van der Waals surface area contributed by atoms with Crippen molar-refractivity contribution in [1.29, 1.82) is 0 Å². The normalized spacial score (nSPS) is 13.6. The molecule has 0 spiro atoms. The van der Waals surface area contributed by atoms with Gasteiger partial charge in [0.25, 0.3) is 0 Å². The van der Waals surface area contributed by atoms with Crippen molar-refractivity contribution >= 4 is 21.7 Å². The predicted octanol–water partition coefficient (Wildman–Crippen LogP) is 2.57. The largest absolute Gasteiger partial charge is 0.394 e. The van der Waals surface area contributed by atoms with E-state index in [1.165, 1.54) is 12.3 Å². The number of anilines is 1. The van der Waals surface area contributed by atoms with E-state index in [4.69, 9.17) is 5.11 Å². The fourth-order valence-corrected chi connectivity index (χ4v) is 1.35. The van der Waals surface area contributed by atoms with Gasteiger partial charge in [-0.3, -0.25) is 0 Å². The summed E-state index contributed by atoms with van der Waals surface area (Å²) in [6, 6.07) is 2.11. The first-order chi connectivity index (χ1) is 7.40. The standard InChI is InChI=1S/C9H10BrF3N2O/c10-6-1-2-8(14-4-6)15-7(5-16)3-9(11,12)13/h1-2,4,7,16H,3,5H2,(H,14,15)/t7-/m0/s1. The number of pyridine rings is 1. The van der Waals surface area contributed by atoms with Gasteiger partial charge in [0, 0.05) is 10.7 Å². The molecule has 1 rings (SSSR count). The Kier molecular flexibility index (Phi) is 4.55. The Morgan fingerprint density at radius 3 is 2.56 bits per heavy atom. The Bertz CT molecular complexity index is 329. The predicted molar refractivity (Wildman–Crippen MR) is 57.1 cm³/mol. The fourth-order valence-electron chi connectivity index (χ4n) is 1.11. The molecule has 0 fully saturated rings. The summed E-state index contributed by atoms with van der Waals surface area (Å²) in [6.07, 6.45) is -3.94. The molecule has 0 aliphatic heterocycles. The van der Waals surface area contributed by atoms with Gasteiger partial charge in [-0.05, 0) is 28.1 Å². The molecule has 2 N–H and O–H groups in total. The third-order valence-electron chi connectivity index (χ3n) is 1.78. The van der Waals surface area contributed by atoms with Gasteiger partial charge in [-0.25, -0.2) is 4.98 Å². The summed E-state index contributed by atoms with van der Waals surface area (Å²) in [5.74, 6) is 0.298. The number of hydrogen-bond acceptors (Lipinski definition) is 3. The van der Waals surface area contributed by atoms with E-state index < -0.39 is 25.2 Å². The van der Waals surface area contributed by atoms with Gasteiger partial charge in [0.2, 0.25) is 0 Å². The Labute approximate surface area is 98.8 Å². The molecule has 0 saturated heterocycles. The van der Waals surface area contributed by atoms with E-state index in [0.29, 0.717) is 5.82 Å². The van der Waals surface area contributed by atoms with Gasteiger partial charge in [0.15, 0.2) is 0 Å². The zero-order valence-corrected chi connectivity index (χ0v) is 9.72. The number of nitrogens with one attached hydrogen (secondary N) is 1. The second-order valence-corrected chi connectivity index (χ2v) is 4.12. The van der Waals surface area contributed by atoms with Gasteiger partial charge in [-0.2, -0.15) is 13.2 Å². The topological polar surface area (TPSA) is 45.1 Å². The van der Waals surface area contributed by atoms with Crippen LogP contribution in [0.5, 0.6) is 0 Å². The molecule has 0 unspecified atom stereocenters. The maximum Gasteiger partial charge on any atom is 0.391 e. The zero-order valence-electron chi connectivity index (χ0n) is 8.13. The summed E-state index contributed by atoms with van der Waals surface area (Å²) >= 11 is 3.16. The highest BCUT2D eigenvalue weighted by molar-refractivity contribution is 9.10. The maximum atomic E-state index is 12.1. The van der Waals surface area contributed by atoms with Crippen LogP contribution >= 0.6 is 15.9 Å². The molecule has 1 atom stereocenters. The molecule has 0 aromatic carbocycles. The Balaban J connectivity index is 2.60. The Morgan fingerprint density at radius 1 is 1.44 bits per heavy atom. The highest BCUT2D eigenvalue weighted by Gasteiger charge is 2.31. The molecule has 1 aromatic rings. The Morgan fingerprint density at radius 2 is 2.12 bits per heavy atom. The lowest BCUT2D eigenvalue weighted by molar-refractivity contribution is -0.138. The molecule has 0 radical (unpaired) electrons. The SMILES string of the molecule is OC[C@H](CC(F)(F)F)Nc1ccc(Br)cn1. The monoisotopic (exact) mass is 298 g/mol. The molecule has 7 heteroatoms. The minimum absolute atomic E-state index is 0.298. The van der Waals surface area contributed by atoms with E-state index in [9.17, 15) is 13.2 Å². The number of halogens is 4. The fraction of sp³-hybridized carbons (Fsp3) is 0.444. The van der Waals surface area contributed by atoms with E-state index in [1.807, 2.05) is 0 Å². The van der Waals surface area contributed by atoms with Crippen LogP contribution in [0.4, 0.5) is 19.0 Å². The third kappa shape index (κ3) is 4.80. The van der Waals surface area contributed by atoms with E-state index in [2.05, 4.69) is 26.2 Å². The molecule has 0 aliphatic rings. The van der Waals surface area contributed by atoms with Crippen LogP contribution in [0.1, 0.15) is 6.42 Å². The van der Waals surface area contributed by atoms with Crippen LogP contribution in [-0.4, -0.2) is 28.9 Å². The van der Waals surface area contributed by atoms with Crippen molar-refractivity contribution in [2.24, 2.45) is 0 Å². The van der Waals surface area contributed by atoms with Crippen molar-refractivity contribution < 1.29 is 18.3 Å². The average molecular weight is 299 g/mol. The summed E-state index contributed by atoms with van der Waals surface area (Å²) in [6.45, 7) is -0.600.